The van der Waals surface area contributed by atoms with Gasteiger partial charge < -0.3 is 19.7 Å². The Labute approximate surface area is 195 Å². The van der Waals surface area contributed by atoms with Gasteiger partial charge in [0.2, 0.25) is 5.91 Å². The highest BCUT2D eigenvalue weighted by Crippen LogP contribution is 2.36. The second kappa shape index (κ2) is 10.6. The van der Waals surface area contributed by atoms with E-state index in [1.807, 2.05) is 36.4 Å². The maximum Gasteiger partial charge on any atom is 0.230 e. The monoisotopic (exact) mass is 457 g/mol. The molecule has 0 bridgehead atoms. The lowest BCUT2D eigenvalue weighted by atomic mass is 9.73. The topological polar surface area (TPSA) is 54.0 Å². The molecule has 7 heteroatoms. The van der Waals surface area contributed by atoms with Crippen LogP contribution in [0, 0.1) is 0 Å². The molecule has 32 heavy (non-hydrogen) atoms. The summed E-state index contributed by atoms with van der Waals surface area (Å²) in [6.07, 6.45) is 1.40. The zero-order chi connectivity index (χ0) is 22.4. The summed E-state index contributed by atoms with van der Waals surface area (Å²) in [7, 11) is 1.65. The van der Waals surface area contributed by atoms with Gasteiger partial charge in [0.15, 0.2) is 0 Å². The number of hydrogen-bond donors (Lipinski definition) is 1. The number of nitrogens with one attached hydrogen (secondary N) is 1. The number of nitrogens with zero attached hydrogens (tertiary/aromatic N) is 2. The number of carbonyl (C=O) groups is 1. The van der Waals surface area contributed by atoms with E-state index >= 15 is 0 Å². The minimum absolute atomic E-state index is 0.103. The molecule has 1 amide bonds. The van der Waals surface area contributed by atoms with E-state index in [-0.39, 0.29) is 5.91 Å². The van der Waals surface area contributed by atoms with E-state index in [0.717, 1.165) is 49.1 Å². The van der Waals surface area contributed by atoms with Gasteiger partial charge in [-0.25, -0.2) is 0 Å². The minimum Gasteiger partial charge on any atom is -0.497 e. The van der Waals surface area contributed by atoms with Crippen LogP contribution in [0.4, 0.5) is 5.69 Å². The normalized spacial score (nSPS) is 18.9. The first kappa shape index (κ1) is 22.9. The van der Waals surface area contributed by atoms with Gasteiger partial charge >= 0.3 is 0 Å². The van der Waals surface area contributed by atoms with Gasteiger partial charge in [0.05, 0.1) is 12.5 Å². The van der Waals surface area contributed by atoms with Gasteiger partial charge in [0, 0.05) is 63.2 Å². The number of hydrogen-bond acceptors (Lipinski definition) is 5. The average Bonchev–Trinajstić information content (AvgIpc) is 2.85. The standard InChI is InChI=1S/C25H32ClN3O3/c1-31-23-8-2-20(3-9-23)25(10-18-32-19-11-25)24(30)27-12-13-28-14-16-29(17-15-28)22-6-4-21(26)5-7-22/h2-9H,10-19H2,1H3,(H,27,30). The number of piperazine rings is 1. The lowest BCUT2D eigenvalue weighted by molar-refractivity contribution is -0.130. The third-order valence-electron chi connectivity index (χ3n) is 6.70. The van der Waals surface area contributed by atoms with Crippen LogP contribution < -0.4 is 15.0 Å². The summed E-state index contributed by atoms with van der Waals surface area (Å²) < 4.78 is 10.9. The van der Waals surface area contributed by atoms with E-state index in [9.17, 15) is 4.79 Å². The molecule has 2 saturated heterocycles. The van der Waals surface area contributed by atoms with Crippen molar-refractivity contribution in [3.63, 3.8) is 0 Å². The highest BCUT2D eigenvalue weighted by molar-refractivity contribution is 6.30. The molecule has 2 fully saturated rings. The summed E-state index contributed by atoms with van der Waals surface area (Å²) in [4.78, 5) is 18.1. The molecule has 172 valence electrons. The van der Waals surface area contributed by atoms with Crippen LogP contribution in [0.25, 0.3) is 0 Å². The number of anilines is 1. The van der Waals surface area contributed by atoms with Crippen molar-refractivity contribution < 1.29 is 14.3 Å². The summed E-state index contributed by atoms with van der Waals surface area (Å²) in [6.45, 7) is 6.63. The van der Waals surface area contributed by atoms with Crippen molar-refractivity contribution >= 4 is 23.2 Å². The quantitative estimate of drug-likeness (QED) is 0.691. The van der Waals surface area contributed by atoms with Gasteiger partial charge in [-0.2, -0.15) is 0 Å². The van der Waals surface area contributed by atoms with Gasteiger partial charge in [0.25, 0.3) is 0 Å². The summed E-state index contributed by atoms with van der Waals surface area (Å²) >= 11 is 6.00. The number of rotatable bonds is 7. The lowest BCUT2D eigenvalue weighted by Crippen LogP contribution is -2.51. The Bertz CT molecular complexity index is 874. The van der Waals surface area contributed by atoms with E-state index < -0.39 is 5.41 Å². The minimum atomic E-state index is -0.530. The van der Waals surface area contributed by atoms with Crippen LogP contribution >= 0.6 is 11.6 Å². The van der Waals surface area contributed by atoms with Crippen LogP contribution in [0.3, 0.4) is 0 Å². The molecule has 1 N–H and O–H groups in total. The van der Waals surface area contributed by atoms with Crippen LogP contribution in [0.2, 0.25) is 5.02 Å². The van der Waals surface area contributed by atoms with E-state index in [0.29, 0.717) is 32.6 Å². The fourth-order valence-corrected chi connectivity index (χ4v) is 4.78. The molecule has 2 aliphatic heterocycles. The van der Waals surface area contributed by atoms with Crippen LogP contribution in [-0.4, -0.2) is 70.4 Å². The Morgan fingerprint density at radius 2 is 1.69 bits per heavy atom. The Balaban J connectivity index is 1.29. The number of benzene rings is 2. The molecule has 4 rings (SSSR count). The Kier molecular flexibility index (Phi) is 7.55. The number of methoxy groups -OCH3 is 1. The molecule has 0 atom stereocenters. The van der Waals surface area contributed by atoms with Gasteiger partial charge in [-0.1, -0.05) is 23.7 Å². The zero-order valence-corrected chi connectivity index (χ0v) is 19.4. The molecule has 2 aromatic carbocycles. The highest BCUT2D eigenvalue weighted by Gasteiger charge is 2.41. The van der Waals surface area contributed by atoms with Gasteiger partial charge in [-0.05, 0) is 54.8 Å². The molecule has 0 radical (unpaired) electrons. The van der Waals surface area contributed by atoms with Gasteiger partial charge in [0.1, 0.15) is 5.75 Å². The second-order valence-corrected chi connectivity index (χ2v) is 8.92. The van der Waals surface area contributed by atoms with Gasteiger partial charge in [-0.15, -0.1) is 0 Å². The van der Waals surface area contributed by atoms with Crippen molar-refractivity contribution in [2.24, 2.45) is 0 Å². The number of ether oxygens (including phenoxy) is 2. The SMILES string of the molecule is COc1ccc(C2(C(=O)NCCN3CCN(c4ccc(Cl)cc4)CC3)CCOCC2)cc1. The number of carbonyl (C=O) groups excluding carboxylic acids is 1. The fraction of sp³-hybridized carbons (Fsp3) is 0.480. The van der Waals surface area contributed by atoms with Crippen LogP contribution in [0.15, 0.2) is 48.5 Å². The summed E-state index contributed by atoms with van der Waals surface area (Å²) in [5.74, 6) is 0.903. The van der Waals surface area contributed by atoms with Crippen molar-refractivity contribution in [1.82, 2.24) is 10.2 Å². The van der Waals surface area contributed by atoms with Crippen LogP contribution in [0.1, 0.15) is 18.4 Å². The second-order valence-electron chi connectivity index (χ2n) is 8.48. The maximum absolute atomic E-state index is 13.3. The number of halogens is 1. The van der Waals surface area contributed by atoms with E-state index in [4.69, 9.17) is 21.1 Å². The third-order valence-corrected chi connectivity index (χ3v) is 6.95. The molecular weight excluding hydrogens is 426 g/mol. The van der Waals surface area contributed by atoms with E-state index in [1.54, 1.807) is 7.11 Å². The molecule has 0 spiro atoms. The third kappa shape index (κ3) is 5.20. The lowest BCUT2D eigenvalue weighted by Gasteiger charge is -2.38. The van der Waals surface area contributed by atoms with E-state index in [2.05, 4.69) is 27.2 Å². The molecule has 0 saturated carbocycles. The van der Waals surface area contributed by atoms with Crippen molar-refractivity contribution in [2.45, 2.75) is 18.3 Å². The molecule has 2 aliphatic rings. The summed E-state index contributed by atoms with van der Waals surface area (Å²) in [6, 6.07) is 15.9. The molecule has 0 aromatic heterocycles. The van der Waals surface area contributed by atoms with Crippen molar-refractivity contribution in [2.75, 3.05) is 64.5 Å². The molecular formula is C25H32ClN3O3. The summed E-state index contributed by atoms with van der Waals surface area (Å²) in [5, 5.41) is 3.98. The summed E-state index contributed by atoms with van der Waals surface area (Å²) in [5.41, 5.74) is 1.72. The predicted molar refractivity (Wildman–Crippen MR) is 128 cm³/mol. The molecule has 6 nitrogen and oxygen atoms in total. The Hall–Kier alpha value is -2.28. The fourth-order valence-electron chi connectivity index (χ4n) is 4.66. The molecule has 0 aliphatic carbocycles. The first-order valence-corrected chi connectivity index (χ1v) is 11.7. The van der Waals surface area contributed by atoms with Crippen LogP contribution in [-0.2, 0) is 14.9 Å². The van der Waals surface area contributed by atoms with Crippen LogP contribution in [0.5, 0.6) is 5.75 Å². The number of amides is 1. The largest absolute Gasteiger partial charge is 0.497 e. The first-order chi connectivity index (χ1) is 15.6. The Morgan fingerprint density at radius 1 is 1.03 bits per heavy atom. The van der Waals surface area contributed by atoms with Crippen molar-refractivity contribution in [3.05, 3.63) is 59.1 Å². The van der Waals surface area contributed by atoms with Crippen molar-refractivity contribution in [3.8, 4) is 5.75 Å². The molecule has 0 unspecified atom stereocenters. The predicted octanol–water partition coefficient (Wildman–Crippen LogP) is 3.34. The maximum atomic E-state index is 13.3. The Morgan fingerprint density at radius 3 is 2.31 bits per heavy atom. The molecule has 2 aromatic rings. The highest BCUT2D eigenvalue weighted by atomic mass is 35.5. The first-order valence-electron chi connectivity index (χ1n) is 11.3. The van der Waals surface area contributed by atoms with Gasteiger partial charge in [-0.3, -0.25) is 9.69 Å². The van der Waals surface area contributed by atoms with E-state index in [1.165, 1.54) is 5.69 Å². The molecule has 2 heterocycles. The zero-order valence-electron chi connectivity index (χ0n) is 18.7. The average molecular weight is 458 g/mol. The smallest absolute Gasteiger partial charge is 0.230 e. The van der Waals surface area contributed by atoms with Crippen molar-refractivity contribution in [1.29, 1.82) is 0 Å².